The molecule has 0 saturated carbocycles. The molecule has 1 aromatic heterocycles. The Labute approximate surface area is 187 Å². The Morgan fingerprint density at radius 1 is 1.28 bits per heavy atom. The summed E-state index contributed by atoms with van der Waals surface area (Å²) < 4.78 is 39.6. The van der Waals surface area contributed by atoms with Crippen LogP contribution in [0.15, 0.2) is 36.5 Å². The number of nitrogens with one attached hydrogen (secondary N) is 2. The maximum Gasteiger partial charge on any atom is 0.435 e. The number of amides is 2. The van der Waals surface area contributed by atoms with Crippen LogP contribution in [0, 0.1) is 24.1 Å². The number of quaternary nitrogens is 1. The number of aromatic nitrogens is 1. The number of hydrogen-bond acceptors (Lipinski definition) is 6. The maximum atomic E-state index is 13.7. The molecule has 2 heterocycles. The zero-order chi connectivity index (χ0) is 23.4. The topological polar surface area (TPSA) is 115 Å². The fraction of sp³-hybridized carbons (Fsp3) is 0.381. The average Bonchev–Trinajstić information content (AvgIpc) is 2.80. The van der Waals surface area contributed by atoms with Gasteiger partial charge in [0.15, 0.2) is 0 Å². The maximum absolute atomic E-state index is 13.7. The minimum absolute atomic E-state index is 0.00357. The van der Waals surface area contributed by atoms with Crippen LogP contribution in [0.3, 0.4) is 0 Å². The van der Waals surface area contributed by atoms with Crippen LogP contribution in [-0.2, 0) is 16.6 Å². The van der Waals surface area contributed by atoms with Crippen LogP contribution in [0.1, 0.15) is 23.7 Å². The number of hydrazine groups is 1. The number of aryl methyl sites for hydroxylation is 1. The number of anilines is 1. The van der Waals surface area contributed by atoms with Gasteiger partial charge in [0.05, 0.1) is 30.7 Å². The van der Waals surface area contributed by atoms with E-state index in [1.54, 1.807) is 32.0 Å². The van der Waals surface area contributed by atoms with Crippen molar-refractivity contribution in [1.29, 1.82) is 5.26 Å². The monoisotopic (exact) mass is 461 g/mol. The first-order chi connectivity index (χ1) is 15.2. The summed E-state index contributed by atoms with van der Waals surface area (Å²) in [5.74, 6) is -0.317. The fourth-order valence-electron chi connectivity index (χ4n) is 3.66. The van der Waals surface area contributed by atoms with Crippen LogP contribution < -0.4 is 10.9 Å². The molecule has 0 aliphatic carbocycles. The number of nitriles is 1. The molecule has 0 bridgehead atoms. The highest BCUT2D eigenvalue weighted by Crippen LogP contribution is 2.22. The lowest BCUT2D eigenvalue weighted by molar-refractivity contribution is -0.867. The first kappa shape index (κ1) is 23.6. The van der Waals surface area contributed by atoms with E-state index in [9.17, 15) is 17.6 Å². The van der Waals surface area contributed by atoms with Crippen molar-refractivity contribution in [3.63, 3.8) is 0 Å². The third kappa shape index (κ3) is 5.21. The van der Waals surface area contributed by atoms with Gasteiger partial charge in [-0.2, -0.15) is 9.57 Å². The molecule has 1 fully saturated rings. The molecule has 0 unspecified atom stereocenters. The van der Waals surface area contributed by atoms with Crippen molar-refractivity contribution < 1.29 is 22.1 Å². The van der Waals surface area contributed by atoms with Gasteiger partial charge < -0.3 is 0 Å². The molecule has 0 spiro atoms. The Morgan fingerprint density at radius 2 is 2.00 bits per heavy atom. The molecule has 2 amide bonds. The second-order valence-corrected chi connectivity index (χ2v) is 9.99. The molecule has 1 aromatic carbocycles. The lowest BCUT2D eigenvalue weighted by atomic mass is 10.1. The molecule has 1 saturated heterocycles. The van der Waals surface area contributed by atoms with E-state index in [1.807, 2.05) is 6.07 Å². The molecular weight excluding hydrogens is 435 g/mol. The summed E-state index contributed by atoms with van der Waals surface area (Å²) in [7, 11) is -3.35. The molecule has 1 aliphatic heterocycles. The molecule has 9 nitrogen and oxygen atoms in total. The summed E-state index contributed by atoms with van der Waals surface area (Å²) in [5, 5.41) is 8.85. The lowest BCUT2D eigenvalue weighted by Crippen LogP contribution is -2.65. The van der Waals surface area contributed by atoms with Crippen molar-refractivity contribution in [3.8, 4) is 6.07 Å². The molecule has 32 heavy (non-hydrogen) atoms. The molecule has 0 atom stereocenters. The van der Waals surface area contributed by atoms with Crippen molar-refractivity contribution in [2.75, 3.05) is 37.4 Å². The van der Waals surface area contributed by atoms with Crippen molar-refractivity contribution in [3.05, 3.63) is 59.2 Å². The highest BCUT2D eigenvalue weighted by Gasteiger charge is 2.43. The molecule has 11 heteroatoms. The van der Waals surface area contributed by atoms with Gasteiger partial charge in [-0.25, -0.2) is 32.5 Å². The zero-order valence-corrected chi connectivity index (χ0v) is 18.8. The number of piperazine rings is 1. The number of nitrogens with zero attached hydrogens (tertiary/aromatic N) is 4. The van der Waals surface area contributed by atoms with Gasteiger partial charge in [-0.15, -0.1) is 0 Å². The van der Waals surface area contributed by atoms with Gasteiger partial charge in [-0.05, 0) is 43.7 Å². The van der Waals surface area contributed by atoms with Gasteiger partial charge >= 0.3 is 6.03 Å². The number of carbonyl (C=O) groups excluding carboxylic acids is 1. The molecular formula is C21H26FN6O3S+. The summed E-state index contributed by atoms with van der Waals surface area (Å²) in [5.41, 5.74) is 7.50. The fourth-order valence-corrected chi connectivity index (χ4v) is 4.74. The van der Waals surface area contributed by atoms with E-state index in [0.717, 1.165) is 5.56 Å². The van der Waals surface area contributed by atoms with Crippen LogP contribution in [0.25, 0.3) is 0 Å². The zero-order valence-electron chi connectivity index (χ0n) is 18.0. The number of hydrogen-bond donors (Lipinski definition) is 2. The summed E-state index contributed by atoms with van der Waals surface area (Å²) in [6, 6.07) is 9.44. The molecule has 3 rings (SSSR count). The Kier molecular flexibility index (Phi) is 7.08. The second kappa shape index (κ2) is 9.60. The van der Waals surface area contributed by atoms with Crippen molar-refractivity contribution in [2.24, 2.45) is 0 Å². The van der Waals surface area contributed by atoms with Crippen LogP contribution >= 0.6 is 0 Å². The van der Waals surface area contributed by atoms with Gasteiger partial charge in [0.2, 0.25) is 10.0 Å². The number of sulfonamides is 1. The van der Waals surface area contributed by atoms with Crippen LogP contribution in [0.4, 0.5) is 14.9 Å². The van der Waals surface area contributed by atoms with E-state index in [1.165, 1.54) is 22.6 Å². The lowest BCUT2D eigenvalue weighted by Gasteiger charge is -2.41. The van der Waals surface area contributed by atoms with E-state index >= 15 is 0 Å². The summed E-state index contributed by atoms with van der Waals surface area (Å²) >= 11 is 0. The highest BCUT2D eigenvalue weighted by atomic mass is 32.2. The number of benzene rings is 1. The predicted molar refractivity (Wildman–Crippen MR) is 117 cm³/mol. The predicted octanol–water partition coefficient (Wildman–Crippen LogP) is 2.12. The molecule has 2 aromatic rings. The SMILES string of the molecule is CCS(=O)(=O)N1CC[N+](Cc2ccc(F)c(C)c2)(C(=O)NNc2ccc(C#N)nc2)CC1. The number of pyridine rings is 1. The number of urea groups is 1. The van der Waals surface area contributed by atoms with Gasteiger partial charge in [-0.1, -0.05) is 6.07 Å². The van der Waals surface area contributed by atoms with E-state index < -0.39 is 10.0 Å². The minimum atomic E-state index is -3.35. The highest BCUT2D eigenvalue weighted by molar-refractivity contribution is 7.89. The standard InChI is InChI=1S/C21H25FN6O3S/c1-3-32(30,31)27-8-10-28(11-9-27,15-17-4-7-20(22)16(2)12-17)21(29)26-25-19-6-5-18(13-23)24-14-19/h4-7,12,14,25H,3,8-11,15H2,1-2H3/p+1. The van der Waals surface area contributed by atoms with Crippen LogP contribution in [0.2, 0.25) is 0 Å². The largest absolute Gasteiger partial charge is 0.435 e. The van der Waals surface area contributed by atoms with E-state index in [-0.39, 0.29) is 54.0 Å². The Morgan fingerprint density at radius 3 is 2.56 bits per heavy atom. The van der Waals surface area contributed by atoms with Gasteiger partial charge in [-0.3, -0.25) is 5.43 Å². The summed E-state index contributed by atoms with van der Waals surface area (Å²) in [6.07, 6.45) is 1.43. The van der Waals surface area contributed by atoms with Crippen molar-refractivity contribution in [1.82, 2.24) is 14.7 Å². The van der Waals surface area contributed by atoms with Crippen molar-refractivity contribution in [2.45, 2.75) is 20.4 Å². The van der Waals surface area contributed by atoms with Gasteiger partial charge in [0.25, 0.3) is 0 Å². The second-order valence-electron chi connectivity index (χ2n) is 7.73. The summed E-state index contributed by atoms with van der Waals surface area (Å²) in [4.78, 5) is 17.2. The van der Waals surface area contributed by atoms with Gasteiger partial charge in [0.1, 0.15) is 37.2 Å². The normalized spacial score (nSPS) is 16.2. The molecule has 170 valence electrons. The van der Waals surface area contributed by atoms with E-state index in [0.29, 0.717) is 17.8 Å². The number of halogens is 1. The van der Waals surface area contributed by atoms with Gasteiger partial charge in [0, 0.05) is 5.56 Å². The van der Waals surface area contributed by atoms with E-state index in [2.05, 4.69) is 15.8 Å². The number of carbonyl (C=O) groups is 1. The Bertz CT molecular complexity index is 1120. The quantitative estimate of drug-likeness (QED) is 0.503. The third-order valence-electron chi connectivity index (χ3n) is 5.64. The minimum Gasteiger partial charge on any atom is -0.293 e. The third-order valence-corrected chi connectivity index (χ3v) is 7.52. The Hall–Kier alpha value is -3.07. The van der Waals surface area contributed by atoms with Crippen molar-refractivity contribution >= 4 is 21.7 Å². The average molecular weight is 462 g/mol. The molecule has 0 radical (unpaired) electrons. The van der Waals surface area contributed by atoms with E-state index in [4.69, 9.17) is 5.26 Å². The number of rotatable bonds is 6. The molecule has 1 aliphatic rings. The molecule has 2 N–H and O–H groups in total. The smallest absolute Gasteiger partial charge is 0.293 e. The Balaban J connectivity index is 1.80. The van der Waals surface area contributed by atoms with Crippen LogP contribution in [0.5, 0.6) is 0 Å². The van der Waals surface area contributed by atoms with Crippen LogP contribution in [-0.4, -0.2) is 60.2 Å². The first-order valence-corrected chi connectivity index (χ1v) is 11.8. The summed E-state index contributed by atoms with van der Waals surface area (Å²) in [6.45, 7) is 4.51. The first-order valence-electron chi connectivity index (χ1n) is 10.2.